The van der Waals surface area contributed by atoms with Gasteiger partial charge in [0.1, 0.15) is 6.54 Å². The molecule has 0 saturated carbocycles. The molecule has 4 rings (SSSR count). The van der Waals surface area contributed by atoms with Gasteiger partial charge in [0.25, 0.3) is 0 Å². The van der Waals surface area contributed by atoms with E-state index < -0.39 is 5.97 Å². The van der Waals surface area contributed by atoms with E-state index in [1.165, 1.54) is 11.9 Å². The molecule has 152 valence electrons. The molecule has 0 atom stereocenters. The molecule has 0 saturated heterocycles. The molecule has 1 aromatic heterocycles. The lowest BCUT2D eigenvalue weighted by atomic mass is 10.0. The summed E-state index contributed by atoms with van der Waals surface area (Å²) in [7, 11) is 0. The van der Waals surface area contributed by atoms with Crippen LogP contribution in [0.4, 0.5) is 5.69 Å². The molecule has 0 aliphatic rings. The monoisotopic (exact) mass is 459 g/mol. The number of nitrogens with zero attached hydrogens (tertiary/aromatic N) is 3. The predicted octanol–water partition coefficient (Wildman–Crippen LogP) is 6.10. The van der Waals surface area contributed by atoms with Crippen LogP contribution in [-0.4, -0.2) is 27.8 Å². The van der Waals surface area contributed by atoms with Crippen molar-refractivity contribution in [3.05, 3.63) is 70.5 Å². The Labute approximate surface area is 186 Å². The molecule has 1 N–H and O–H groups in total. The van der Waals surface area contributed by atoms with Crippen molar-refractivity contribution in [3.8, 4) is 11.4 Å². The lowest BCUT2D eigenvalue weighted by Crippen LogP contribution is -2.24. The summed E-state index contributed by atoms with van der Waals surface area (Å²) in [6, 6.07) is 16.6. The van der Waals surface area contributed by atoms with Crippen molar-refractivity contribution >= 4 is 57.6 Å². The van der Waals surface area contributed by atoms with Crippen LogP contribution >= 0.6 is 35.1 Å². The second kappa shape index (κ2) is 8.55. The maximum Gasteiger partial charge on any atom is 0.324 e. The topological polar surface area (TPSA) is 79.5 Å². The highest BCUT2D eigenvalue weighted by atomic mass is 35.5. The molecule has 0 amide bonds. The summed E-state index contributed by atoms with van der Waals surface area (Å²) in [5.41, 5.74) is 1.32. The molecular formula is C21H15Cl2N3O3S. The van der Waals surface area contributed by atoms with Gasteiger partial charge in [-0.05, 0) is 41.6 Å². The molecule has 0 radical (unpaired) electrons. The highest BCUT2D eigenvalue weighted by Crippen LogP contribution is 2.41. The van der Waals surface area contributed by atoms with Crippen LogP contribution in [0.2, 0.25) is 10.0 Å². The summed E-state index contributed by atoms with van der Waals surface area (Å²) in [4.78, 5) is 16.8. The third-order valence-corrected chi connectivity index (χ3v) is 5.66. The zero-order chi connectivity index (χ0) is 21.3. The van der Waals surface area contributed by atoms with E-state index in [9.17, 15) is 9.90 Å². The van der Waals surface area contributed by atoms with Crippen LogP contribution in [0.25, 0.3) is 22.2 Å². The van der Waals surface area contributed by atoms with Crippen molar-refractivity contribution in [2.45, 2.75) is 11.8 Å². The third kappa shape index (κ3) is 4.38. The molecule has 0 spiro atoms. The van der Waals surface area contributed by atoms with E-state index >= 15 is 0 Å². The average Bonchev–Trinajstić information content (AvgIpc) is 3.11. The Morgan fingerprint density at radius 2 is 1.87 bits per heavy atom. The van der Waals surface area contributed by atoms with Crippen LogP contribution < -0.4 is 4.31 Å². The fourth-order valence-corrected chi connectivity index (χ4v) is 4.83. The molecule has 6 nitrogen and oxygen atoms in total. The molecule has 0 bridgehead atoms. The number of aryl methyl sites for hydroxylation is 1. The van der Waals surface area contributed by atoms with Gasteiger partial charge in [0.15, 0.2) is 0 Å². The Balaban J connectivity index is 1.92. The summed E-state index contributed by atoms with van der Waals surface area (Å²) >= 11 is 13.5. The normalized spacial score (nSPS) is 11.0. The Morgan fingerprint density at radius 3 is 2.53 bits per heavy atom. The van der Waals surface area contributed by atoms with Gasteiger partial charge in [-0.1, -0.05) is 58.7 Å². The Hall–Kier alpha value is -2.74. The number of carbonyl (C=O) groups is 1. The van der Waals surface area contributed by atoms with E-state index in [4.69, 9.17) is 27.7 Å². The van der Waals surface area contributed by atoms with Crippen molar-refractivity contribution < 1.29 is 14.4 Å². The minimum absolute atomic E-state index is 0.271. The predicted molar refractivity (Wildman–Crippen MR) is 119 cm³/mol. The summed E-state index contributed by atoms with van der Waals surface area (Å²) in [5.74, 6) is -0.185. The highest BCUT2D eigenvalue weighted by molar-refractivity contribution is 8.00. The van der Waals surface area contributed by atoms with Crippen molar-refractivity contribution in [3.63, 3.8) is 0 Å². The first-order chi connectivity index (χ1) is 14.4. The minimum Gasteiger partial charge on any atom is -0.480 e. The van der Waals surface area contributed by atoms with Gasteiger partial charge >= 0.3 is 5.97 Å². The molecule has 30 heavy (non-hydrogen) atoms. The molecule has 0 aliphatic carbocycles. The first-order valence-corrected chi connectivity index (χ1v) is 10.4. The van der Waals surface area contributed by atoms with Crippen LogP contribution in [-0.2, 0) is 4.79 Å². The van der Waals surface area contributed by atoms with Crippen LogP contribution in [0.5, 0.6) is 0 Å². The third-order valence-electron chi connectivity index (χ3n) is 4.25. The van der Waals surface area contributed by atoms with E-state index in [1.54, 1.807) is 29.4 Å². The minimum atomic E-state index is -0.987. The molecule has 0 unspecified atom stereocenters. The quantitative estimate of drug-likeness (QED) is 0.348. The van der Waals surface area contributed by atoms with Gasteiger partial charge in [-0.15, -0.1) is 0 Å². The lowest BCUT2D eigenvalue weighted by molar-refractivity contribution is -0.135. The maximum atomic E-state index is 11.7. The number of fused-ring (bicyclic) bond motifs is 1. The molecule has 4 aromatic rings. The van der Waals surface area contributed by atoms with Gasteiger partial charge in [0.05, 0.1) is 5.69 Å². The second-order valence-electron chi connectivity index (χ2n) is 6.45. The number of aliphatic carboxylic acids is 1. The van der Waals surface area contributed by atoms with Crippen molar-refractivity contribution in [2.75, 3.05) is 10.8 Å². The van der Waals surface area contributed by atoms with Crippen LogP contribution in [0.1, 0.15) is 5.89 Å². The number of halogens is 2. The number of hydrogen-bond donors (Lipinski definition) is 1. The SMILES string of the molecule is Cc1nc(-c2ccc3ccccc3c2N(CC(=O)O)Sc2cc(Cl)cc(Cl)c2)no1. The van der Waals surface area contributed by atoms with E-state index in [1.807, 2.05) is 36.4 Å². The molecule has 0 aliphatic heterocycles. The fraction of sp³-hybridized carbons (Fsp3) is 0.0952. The van der Waals surface area contributed by atoms with E-state index in [2.05, 4.69) is 10.1 Å². The Bertz CT molecular complexity index is 1230. The summed E-state index contributed by atoms with van der Waals surface area (Å²) < 4.78 is 6.83. The smallest absolute Gasteiger partial charge is 0.324 e. The maximum absolute atomic E-state index is 11.7. The summed E-state index contributed by atoms with van der Waals surface area (Å²) in [5, 5.41) is 16.4. The van der Waals surface area contributed by atoms with Crippen LogP contribution in [0, 0.1) is 6.92 Å². The van der Waals surface area contributed by atoms with E-state index in [0.29, 0.717) is 37.9 Å². The van der Waals surface area contributed by atoms with Gasteiger partial charge in [-0.3, -0.25) is 9.10 Å². The number of aromatic nitrogens is 2. The summed E-state index contributed by atoms with van der Waals surface area (Å²) in [6.45, 7) is 1.43. The average molecular weight is 460 g/mol. The summed E-state index contributed by atoms with van der Waals surface area (Å²) in [6.07, 6.45) is 0. The van der Waals surface area contributed by atoms with Gasteiger partial charge in [-0.2, -0.15) is 4.98 Å². The second-order valence-corrected chi connectivity index (χ2v) is 8.41. The Morgan fingerprint density at radius 1 is 1.13 bits per heavy atom. The lowest BCUT2D eigenvalue weighted by Gasteiger charge is -2.25. The number of hydrogen-bond acceptors (Lipinski definition) is 6. The number of rotatable bonds is 6. The van der Waals surface area contributed by atoms with Crippen molar-refractivity contribution in [1.82, 2.24) is 10.1 Å². The first-order valence-electron chi connectivity index (χ1n) is 8.86. The highest BCUT2D eigenvalue weighted by Gasteiger charge is 2.22. The Kier molecular flexibility index (Phi) is 5.85. The zero-order valence-corrected chi connectivity index (χ0v) is 18.0. The van der Waals surface area contributed by atoms with Gasteiger partial charge in [0, 0.05) is 32.8 Å². The number of carboxylic acids is 1. The standard InChI is InChI=1S/C21H15Cl2N3O3S/c1-12-24-21(25-29-12)18-7-6-13-4-2-3-5-17(13)20(18)26(11-19(27)28)30-16-9-14(22)8-15(23)10-16/h2-10H,11H2,1H3,(H,27,28). The molecule has 9 heteroatoms. The van der Waals surface area contributed by atoms with Crippen LogP contribution in [0.3, 0.4) is 0 Å². The fourth-order valence-electron chi connectivity index (χ4n) is 3.10. The molecular weight excluding hydrogens is 445 g/mol. The van der Waals surface area contributed by atoms with Crippen molar-refractivity contribution in [1.29, 1.82) is 0 Å². The number of anilines is 1. The number of benzene rings is 3. The van der Waals surface area contributed by atoms with E-state index in [0.717, 1.165) is 10.8 Å². The van der Waals surface area contributed by atoms with Crippen LogP contribution in [0.15, 0.2) is 64.0 Å². The number of carboxylic acid groups (broad SMARTS) is 1. The van der Waals surface area contributed by atoms with Gasteiger partial charge in [-0.25, -0.2) is 0 Å². The van der Waals surface area contributed by atoms with Crippen molar-refractivity contribution in [2.24, 2.45) is 0 Å². The van der Waals surface area contributed by atoms with Gasteiger partial charge < -0.3 is 9.63 Å². The van der Waals surface area contributed by atoms with Gasteiger partial charge in [0.2, 0.25) is 11.7 Å². The van der Waals surface area contributed by atoms with E-state index in [-0.39, 0.29) is 6.54 Å². The molecule has 3 aromatic carbocycles. The largest absolute Gasteiger partial charge is 0.480 e. The molecule has 1 heterocycles. The zero-order valence-electron chi connectivity index (χ0n) is 15.7. The first kappa shape index (κ1) is 20.5. The molecule has 0 fully saturated rings.